The molecule has 5 nitrogen and oxygen atoms in total. The number of fused-ring (bicyclic) bond motifs is 2. The van der Waals surface area contributed by atoms with Gasteiger partial charge < -0.3 is 15.0 Å². The molecule has 0 spiro atoms. The van der Waals surface area contributed by atoms with E-state index in [0.717, 1.165) is 6.42 Å². The summed E-state index contributed by atoms with van der Waals surface area (Å²) in [5, 5.41) is 4.35. The highest BCUT2D eigenvalue weighted by atomic mass is 16.5. The van der Waals surface area contributed by atoms with Crippen molar-refractivity contribution in [1.82, 2.24) is 10.3 Å². The first-order valence-electron chi connectivity index (χ1n) is 8.15. The third-order valence-corrected chi connectivity index (χ3v) is 5.49. The van der Waals surface area contributed by atoms with Gasteiger partial charge in [-0.1, -0.05) is 24.6 Å². The normalized spacial score (nSPS) is 29.1. The maximum Gasteiger partial charge on any atom is 0.255 e. The zero-order valence-electron chi connectivity index (χ0n) is 13.0. The average Bonchev–Trinajstić information content (AvgIpc) is 2.98. The molecule has 0 radical (unpaired) electrons. The van der Waals surface area contributed by atoms with Gasteiger partial charge in [0, 0.05) is 24.1 Å². The van der Waals surface area contributed by atoms with Crippen molar-refractivity contribution in [3.8, 4) is 0 Å². The Balaban J connectivity index is 1.63. The van der Waals surface area contributed by atoms with Crippen LogP contribution in [0.5, 0.6) is 0 Å². The summed E-state index contributed by atoms with van der Waals surface area (Å²) in [6.07, 6.45) is 5.18. The smallest absolute Gasteiger partial charge is 0.255 e. The van der Waals surface area contributed by atoms with E-state index in [-0.39, 0.29) is 23.6 Å². The third-order valence-electron chi connectivity index (χ3n) is 5.49. The Bertz CT molecular complexity index is 813. The Morgan fingerprint density at radius 3 is 2.74 bits per heavy atom. The van der Waals surface area contributed by atoms with E-state index in [1.54, 1.807) is 19.2 Å². The molecule has 2 fully saturated rings. The molecule has 1 aromatic carbocycles. The van der Waals surface area contributed by atoms with Gasteiger partial charge in [0.05, 0.1) is 17.7 Å². The van der Waals surface area contributed by atoms with Gasteiger partial charge in [-0.05, 0) is 30.7 Å². The molecule has 2 N–H and O–H groups in total. The molecule has 5 heteroatoms. The van der Waals surface area contributed by atoms with Crippen molar-refractivity contribution in [2.75, 3.05) is 7.11 Å². The number of hydrogen-bond acceptors (Lipinski definition) is 3. The maximum atomic E-state index is 12.7. The summed E-state index contributed by atoms with van der Waals surface area (Å²) in [4.78, 5) is 27.3. The number of amides is 1. The number of aromatic amines is 1. The molecule has 0 bridgehead atoms. The van der Waals surface area contributed by atoms with E-state index in [2.05, 4.69) is 10.3 Å². The summed E-state index contributed by atoms with van der Waals surface area (Å²) in [5.41, 5.74) is 0.336. The number of aromatic nitrogens is 1. The Labute approximate surface area is 134 Å². The largest absolute Gasteiger partial charge is 0.379 e. The molecule has 2 aromatic rings. The van der Waals surface area contributed by atoms with Crippen molar-refractivity contribution in [3.05, 3.63) is 46.4 Å². The lowest BCUT2D eigenvalue weighted by molar-refractivity contribution is -0.0791. The van der Waals surface area contributed by atoms with Crippen molar-refractivity contribution in [1.29, 1.82) is 0 Å². The second-order valence-corrected chi connectivity index (χ2v) is 6.54. The summed E-state index contributed by atoms with van der Waals surface area (Å²) in [7, 11) is 1.72. The van der Waals surface area contributed by atoms with Crippen LogP contribution in [0.2, 0.25) is 0 Å². The molecule has 4 unspecified atom stereocenters. The second-order valence-electron chi connectivity index (χ2n) is 6.54. The number of rotatable bonds is 3. The van der Waals surface area contributed by atoms with Crippen LogP contribution in [-0.2, 0) is 4.74 Å². The van der Waals surface area contributed by atoms with Crippen LogP contribution in [0.4, 0.5) is 0 Å². The first-order valence-corrected chi connectivity index (χ1v) is 8.15. The minimum absolute atomic E-state index is 0.0747. The molecule has 120 valence electrons. The van der Waals surface area contributed by atoms with Crippen molar-refractivity contribution < 1.29 is 9.53 Å². The molecular weight excluding hydrogens is 292 g/mol. The van der Waals surface area contributed by atoms with Crippen molar-refractivity contribution in [2.45, 2.75) is 31.4 Å². The highest BCUT2D eigenvalue weighted by Gasteiger charge is 2.53. The SMILES string of the molecule is COC1C2CCCC2C1NC(=O)c1c[nH]c(=O)c2ccccc12. The molecule has 4 atom stereocenters. The van der Waals surface area contributed by atoms with E-state index < -0.39 is 0 Å². The Hall–Kier alpha value is -2.14. The summed E-state index contributed by atoms with van der Waals surface area (Å²) in [6.45, 7) is 0. The maximum absolute atomic E-state index is 12.7. The van der Waals surface area contributed by atoms with Crippen molar-refractivity contribution >= 4 is 16.7 Å². The van der Waals surface area contributed by atoms with E-state index in [9.17, 15) is 9.59 Å². The van der Waals surface area contributed by atoms with Gasteiger partial charge >= 0.3 is 0 Å². The predicted molar refractivity (Wildman–Crippen MR) is 87.5 cm³/mol. The number of H-pyrrole nitrogens is 1. The Morgan fingerprint density at radius 1 is 1.22 bits per heavy atom. The highest BCUT2D eigenvalue weighted by molar-refractivity contribution is 6.06. The molecule has 1 amide bonds. The van der Waals surface area contributed by atoms with Gasteiger partial charge in [0.1, 0.15) is 0 Å². The van der Waals surface area contributed by atoms with Crippen LogP contribution >= 0.6 is 0 Å². The number of benzene rings is 1. The molecule has 0 saturated heterocycles. The van der Waals surface area contributed by atoms with Gasteiger partial charge in [-0.2, -0.15) is 0 Å². The average molecular weight is 312 g/mol. The van der Waals surface area contributed by atoms with Gasteiger partial charge in [-0.15, -0.1) is 0 Å². The van der Waals surface area contributed by atoms with Gasteiger partial charge in [0.2, 0.25) is 0 Å². The fourth-order valence-electron chi connectivity index (χ4n) is 4.37. The lowest BCUT2D eigenvalue weighted by atomic mass is 9.68. The van der Waals surface area contributed by atoms with Crippen molar-refractivity contribution in [2.24, 2.45) is 11.8 Å². The molecule has 4 rings (SSSR count). The highest BCUT2D eigenvalue weighted by Crippen LogP contribution is 2.48. The van der Waals surface area contributed by atoms with Gasteiger partial charge in [-0.25, -0.2) is 0 Å². The van der Waals surface area contributed by atoms with Crippen LogP contribution in [0.3, 0.4) is 0 Å². The van der Waals surface area contributed by atoms with Crippen LogP contribution < -0.4 is 10.9 Å². The predicted octanol–water partition coefficient (Wildman–Crippen LogP) is 2.07. The Morgan fingerprint density at radius 2 is 1.96 bits per heavy atom. The van der Waals surface area contributed by atoms with E-state index in [0.29, 0.717) is 28.2 Å². The second kappa shape index (κ2) is 5.49. The monoisotopic (exact) mass is 312 g/mol. The zero-order valence-corrected chi connectivity index (χ0v) is 13.0. The summed E-state index contributed by atoms with van der Waals surface area (Å²) < 4.78 is 5.58. The summed E-state index contributed by atoms with van der Waals surface area (Å²) in [6, 6.07) is 7.26. The lowest BCUT2D eigenvalue weighted by Crippen LogP contribution is -2.62. The van der Waals surface area contributed by atoms with Crippen LogP contribution in [0.25, 0.3) is 10.8 Å². The standard InChI is InChI=1S/C18H20N2O3/c1-23-16-12-8-4-7-11(12)15(16)20-18(22)14-9-19-17(21)13-6-3-2-5-10(13)14/h2-3,5-6,9,11-12,15-16H,4,7-8H2,1H3,(H,19,21)(H,20,22). The van der Waals surface area contributed by atoms with Crippen molar-refractivity contribution in [3.63, 3.8) is 0 Å². The Kier molecular flexibility index (Phi) is 3.45. The minimum Gasteiger partial charge on any atom is -0.379 e. The third kappa shape index (κ3) is 2.18. The number of nitrogens with one attached hydrogen (secondary N) is 2. The molecule has 23 heavy (non-hydrogen) atoms. The quantitative estimate of drug-likeness (QED) is 0.911. The zero-order chi connectivity index (χ0) is 16.0. The summed E-state index contributed by atoms with van der Waals surface area (Å²) >= 11 is 0. The van der Waals surface area contributed by atoms with E-state index in [1.807, 2.05) is 12.1 Å². The van der Waals surface area contributed by atoms with Gasteiger partial charge in [0.25, 0.3) is 11.5 Å². The minimum atomic E-state index is -0.175. The van der Waals surface area contributed by atoms with Gasteiger partial charge in [0.15, 0.2) is 0 Å². The van der Waals surface area contributed by atoms with E-state index in [4.69, 9.17) is 4.74 Å². The number of methoxy groups -OCH3 is 1. The summed E-state index contributed by atoms with van der Waals surface area (Å²) in [5.74, 6) is 0.963. The molecular formula is C18H20N2O3. The number of ether oxygens (including phenoxy) is 1. The number of pyridine rings is 1. The van der Waals surface area contributed by atoms with E-state index >= 15 is 0 Å². The van der Waals surface area contributed by atoms with Crippen LogP contribution in [-0.4, -0.2) is 30.1 Å². The molecule has 1 heterocycles. The first-order chi connectivity index (χ1) is 11.2. The molecule has 2 aliphatic carbocycles. The number of carbonyl (C=O) groups is 1. The van der Waals surface area contributed by atoms with Crippen LogP contribution in [0.15, 0.2) is 35.3 Å². The molecule has 1 aromatic heterocycles. The number of hydrogen-bond donors (Lipinski definition) is 2. The van der Waals surface area contributed by atoms with E-state index in [1.165, 1.54) is 19.0 Å². The first kappa shape index (κ1) is 14.5. The fraction of sp³-hybridized carbons (Fsp3) is 0.444. The molecule has 0 aliphatic heterocycles. The van der Waals surface area contributed by atoms with Crippen LogP contribution in [0, 0.1) is 11.8 Å². The topological polar surface area (TPSA) is 71.2 Å². The van der Waals surface area contributed by atoms with Gasteiger partial charge in [-0.3, -0.25) is 9.59 Å². The number of carbonyl (C=O) groups excluding carboxylic acids is 1. The molecule has 2 saturated carbocycles. The fourth-order valence-corrected chi connectivity index (χ4v) is 4.37. The molecule has 2 aliphatic rings. The lowest BCUT2D eigenvalue weighted by Gasteiger charge is -2.48. The van der Waals surface area contributed by atoms with Crippen LogP contribution in [0.1, 0.15) is 29.6 Å².